The van der Waals surface area contributed by atoms with E-state index in [1.54, 1.807) is 0 Å². The van der Waals surface area contributed by atoms with Crippen LogP contribution in [0, 0.1) is 0 Å². The first-order chi connectivity index (χ1) is 4.70. The Kier molecular flexibility index (Phi) is 4.92. The summed E-state index contributed by atoms with van der Waals surface area (Å²) in [5.41, 5.74) is 0. The first-order valence-electron chi connectivity index (χ1n) is 2.93. The summed E-state index contributed by atoms with van der Waals surface area (Å²) in [6.45, 7) is 1.99. The molecule has 5 heteroatoms. The van der Waals surface area contributed by atoms with E-state index in [1.165, 1.54) is 7.05 Å². The van der Waals surface area contributed by atoms with Gasteiger partial charge in [-0.25, -0.2) is 4.79 Å². The number of carbonyl (C=O) groups excluding carboxylic acids is 1. The molecule has 0 aliphatic heterocycles. The lowest BCUT2D eigenvalue weighted by atomic mass is 11.0. The monoisotopic (exact) mass is 164 g/mol. The van der Waals surface area contributed by atoms with Gasteiger partial charge in [-0.15, -0.1) is 0 Å². The Morgan fingerprint density at radius 1 is 1.80 bits per heavy atom. The molecule has 0 rings (SSSR count). The van der Waals surface area contributed by atoms with E-state index in [0.717, 1.165) is 5.75 Å². The summed E-state index contributed by atoms with van der Waals surface area (Å²) in [5.74, 6) is 0.900. The minimum Gasteiger partial charge on any atom is -0.323 e. The van der Waals surface area contributed by atoms with E-state index >= 15 is 0 Å². The molecule has 0 saturated heterocycles. The van der Waals surface area contributed by atoms with Crippen molar-refractivity contribution in [2.24, 2.45) is 4.53 Å². The minimum absolute atomic E-state index is 0.157. The van der Waals surface area contributed by atoms with Gasteiger partial charge in [0.15, 0.2) is 0 Å². The summed E-state index contributed by atoms with van der Waals surface area (Å²) < 4.78 is 3.63. The second-order valence-electron chi connectivity index (χ2n) is 1.59. The standard InChI is InChI=1S/C5H12N2O2S/c1-4-10(3)7-9-5(8)6-2/h4H2,1-3H3,(H,6,8). The van der Waals surface area contributed by atoms with Crippen LogP contribution < -0.4 is 5.32 Å². The highest BCUT2D eigenvalue weighted by Crippen LogP contribution is 1.84. The maximum Gasteiger partial charge on any atom is 0.433 e. The normalized spacial score (nSPS) is 12.7. The third kappa shape index (κ3) is 4.31. The van der Waals surface area contributed by atoms with Crippen LogP contribution in [0.1, 0.15) is 6.92 Å². The Labute approximate surface area is 63.0 Å². The van der Waals surface area contributed by atoms with Crippen LogP contribution in [0.2, 0.25) is 0 Å². The van der Waals surface area contributed by atoms with Gasteiger partial charge in [0.25, 0.3) is 0 Å². The van der Waals surface area contributed by atoms with Gasteiger partial charge in [-0.2, -0.15) is 0 Å². The maximum atomic E-state index is 10.4. The van der Waals surface area contributed by atoms with Crippen LogP contribution in [0.4, 0.5) is 4.79 Å². The average Bonchev–Trinajstić information content (AvgIpc) is 1.99. The van der Waals surface area contributed by atoms with Crippen LogP contribution >= 0.6 is 0 Å². The molecule has 0 aromatic heterocycles. The van der Waals surface area contributed by atoms with Crippen molar-refractivity contribution in [2.45, 2.75) is 6.92 Å². The molecule has 0 aromatic rings. The lowest BCUT2D eigenvalue weighted by Crippen LogP contribution is -2.16. The van der Waals surface area contributed by atoms with E-state index in [2.05, 4.69) is 14.7 Å². The Bertz CT molecular complexity index is 147. The lowest BCUT2D eigenvalue weighted by molar-refractivity contribution is 0.155. The van der Waals surface area contributed by atoms with Crippen molar-refractivity contribution in [3.8, 4) is 0 Å². The highest BCUT2D eigenvalue weighted by atomic mass is 32.2. The molecular formula is C5H12N2O2S. The maximum absolute atomic E-state index is 10.4. The minimum atomic E-state index is -0.507. The summed E-state index contributed by atoms with van der Waals surface area (Å²) >= 11 is 0. The van der Waals surface area contributed by atoms with Crippen molar-refractivity contribution in [3.63, 3.8) is 0 Å². The van der Waals surface area contributed by atoms with Gasteiger partial charge in [0.1, 0.15) is 0 Å². The van der Waals surface area contributed by atoms with Crippen molar-refractivity contribution in [1.82, 2.24) is 5.32 Å². The third-order valence-electron chi connectivity index (χ3n) is 0.869. The van der Waals surface area contributed by atoms with Crippen molar-refractivity contribution >= 4 is 16.8 Å². The molecule has 0 saturated carbocycles. The molecule has 1 unspecified atom stereocenters. The quantitative estimate of drug-likeness (QED) is 0.611. The van der Waals surface area contributed by atoms with Gasteiger partial charge in [-0.05, 0) is 6.26 Å². The van der Waals surface area contributed by atoms with E-state index in [-0.39, 0.29) is 10.7 Å². The van der Waals surface area contributed by atoms with Gasteiger partial charge in [0.2, 0.25) is 0 Å². The van der Waals surface area contributed by atoms with Crippen LogP contribution in [0.25, 0.3) is 0 Å². The van der Waals surface area contributed by atoms with Crippen LogP contribution in [-0.2, 0) is 15.5 Å². The molecule has 1 atom stereocenters. The Morgan fingerprint density at radius 3 is 2.80 bits per heavy atom. The first kappa shape index (κ1) is 9.42. The predicted molar refractivity (Wildman–Crippen MR) is 41.8 cm³/mol. The van der Waals surface area contributed by atoms with Crippen LogP contribution in [0.3, 0.4) is 0 Å². The predicted octanol–water partition coefficient (Wildman–Crippen LogP) is 0.709. The van der Waals surface area contributed by atoms with Crippen molar-refractivity contribution in [3.05, 3.63) is 0 Å². The van der Waals surface area contributed by atoms with Crippen LogP contribution in [-0.4, -0.2) is 25.1 Å². The first-order valence-corrected chi connectivity index (χ1v) is 4.69. The molecule has 0 fully saturated rings. The van der Waals surface area contributed by atoms with Gasteiger partial charge in [0, 0.05) is 12.8 Å². The number of carbonyl (C=O) groups is 1. The average molecular weight is 164 g/mol. The smallest absolute Gasteiger partial charge is 0.323 e. The molecule has 0 bridgehead atoms. The second kappa shape index (κ2) is 5.22. The zero-order chi connectivity index (χ0) is 7.98. The number of nitrogens with one attached hydrogen (secondary N) is 1. The zero-order valence-electron chi connectivity index (χ0n) is 6.38. The summed E-state index contributed by atoms with van der Waals surface area (Å²) in [7, 11) is 1.34. The molecular weight excluding hydrogens is 152 g/mol. The molecule has 0 aromatic carbocycles. The largest absolute Gasteiger partial charge is 0.433 e. The Morgan fingerprint density at radius 2 is 2.40 bits per heavy atom. The number of rotatable bonds is 2. The molecule has 0 aliphatic carbocycles. The second-order valence-corrected chi connectivity index (χ2v) is 3.52. The fraction of sp³-hybridized carbons (Fsp3) is 0.800. The lowest BCUT2D eigenvalue weighted by Gasteiger charge is -1.96. The van der Waals surface area contributed by atoms with Gasteiger partial charge in [-0.3, -0.25) is 4.84 Å². The van der Waals surface area contributed by atoms with Crippen molar-refractivity contribution < 1.29 is 9.63 Å². The number of nitrogens with zero attached hydrogens (tertiary/aromatic N) is 1. The molecule has 0 spiro atoms. The third-order valence-corrected chi connectivity index (χ3v) is 2.03. The summed E-state index contributed by atoms with van der Waals surface area (Å²) in [6.07, 6.45) is 1.40. The topological polar surface area (TPSA) is 50.7 Å². The van der Waals surface area contributed by atoms with Gasteiger partial charge in [-0.1, -0.05) is 22.1 Å². The molecule has 1 amide bonds. The molecule has 4 nitrogen and oxygen atoms in total. The number of amides is 1. The van der Waals surface area contributed by atoms with Gasteiger partial charge in [0.05, 0.1) is 0 Å². The highest BCUT2D eigenvalue weighted by Gasteiger charge is 1.93. The summed E-state index contributed by atoms with van der Waals surface area (Å²) in [4.78, 5) is 14.8. The van der Waals surface area contributed by atoms with Crippen molar-refractivity contribution in [1.29, 1.82) is 0 Å². The van der Waals surface area contributed by atoms with Crippen molar-refractivity contribution in [2.75, 3.05) is 19.1 Å². The molecule has 0 aliphatic rings. The summed E-state index contributed by atoms with van der Waals surface area (Å²) in [6, 6.07) is 0. The molecule has 0 radical (unpaired) electrons. The molecule has 10 heavy (non-hydrogen) atoms. The van der Waals surface area contributed by atoms with E-state index in [9.17, 15) is 4.79 Å². The van der Waals surface area contributed by atoms with E-state index in [1.807, 2.05) is 13.2 Å². The molecule has 0 heterocycles. The Balaban J connectivity index is 3.61. The number of hydrogen-bond acceptors (Lipinski definition) is 3. The number of hydrogen-bond donors (Lipinski definition) is 1. The zero-order valence-corrected chi connectivity index (χ0v) is 7.20. The van der Waals surface area contributed by atoms with Crippen LogP contribution in [0.5, 0.6) is 0 Å². The van der Waals surface area contributed by atoms with E-state index in [4.69, 9.17) is 0 Å². The van der Waals surface area contributed by atoms with E-state index in [0.29, 0.717) is 0 Å². The van der Waals surface area contributed by atoms with Gasteiger partial charge < -0.3 is 5.32 Å². The molecule has 60 valence electrons. The SMILES string of the molecule is CC/S(C)=N/OC(=O)NC. The highest BCUT2D eigenvalue weighted by molar-refractivity contribution is 7.86. The van der Waals surface area contributed by atoms with E-state index < -0.39 is 6.09 Å². The van der Waals surface area contributed by atoms with Gasteiger partial charge >= 0.3 is 6.09 Å². The fourth-order valence-electron chi connectivity index (χ4n) is 0.196. The van der Waals surface area contributed by atoms with Crippen LogP contribution in [0.15, 0.2) is 4.53 Å². The molecule has 1 N–H and O–H groups in total. The Hall–Kier alpha value is -0.580. The summed E-state index contributed by atoms with van der Waals surface area (Å²) in [5, 5.41) is 2.29. The fourth-order valence-corrected chi connectivity index (χ4v) is 0.496.